The minimum absolute atomic E-state index is 0.619. The van der Waals surface area contributed by atoms with Gasteiger partial charge in [0, 0.05) is 53.7 Å². The molecule has 0 aliphatic carbocycles. The highest BCUT2D eigenvalue weighted by Crippen LogP contribution is 2.46. The third-order valence-electron chi connectivity index (χ3n) is 9.75. The molecule has 0 fully saturated rings. The number of aromatic nitrogens is 3. The largest absolute Gasteiger partial charge is 0.456 e. The summed E-state index contributed by atoms with van der Waals surface area (Å²) in [5.74, 6) is 1.88. The first-order valence-electron chi connectivity index (χ1n) is 16.8. The van der Waals surface area contributed by atoms with Crippen LogP contribution >= 0.6 is 11.3 Å². The molecule has 0 bridgehead atoms. The Hall–Kier alpha value is -6.63. The van der Waals surface area contributed by atoms with Crippen LogP contribution in [0, 0.1) is 0 Å². The van der Waals surface area contributed by atoms with Gasteiger partial charge in [0.2, 0.25) is 0 Å². The van der Waals surface area contributed by atoms with Crippen molar-refractivity contribution in [2.24, 2.45) is 0 Å². The van der Waals surface area contributed by atoms with Crippen LogP contribution in [0.3, 0.4) is 0 Å². The van der Waals surface area contributed by atoms with Crippen LogP contribution in [0.2, 0.25) is 0 Å². The zero-order chi connectivity index (χ0) is 33.5. The number of nitrogens with zero attached hydrogens (tertiary/aromatic N) is 3. The van der Waals surface area contributed by atoms with Gasteiger partial charge in [-0.15, -0.1) is 11.3 Å². The Morgan fingerprint density at radius 1 is 0.392 bits per heavy atom. The maximum absolute atomic E-state index is 6.55. The highest BCUT2D eigenvalue weighted by Gasteiger charge is 2.22. The number of thiophene rings is 1. The molecule has 0 radical (unpaired) electrons. The number of furan rings is 2. The van der Waals surface area contributed by atoms with Gasteiger partial charge in [-0.3, -0.25) is 0 Å². The van der Waals surface area contributed by atoms with Crippen LogP contribution in [0.5, 0.6) is 0 Å². The summed E-state index contributed by atoms with van der Waals surface area (Å²) in [6.45, 7) is 0. The zero-order valence-corrected chi connectivity index (χ0v) is 27.8. The monoisotopic (exact) mass is 671 g/mol. The van der Waals surface area contributed by atoms with Crippen molar-refractivity contribution in [3.63, 3.8) is 0 Å². The van der Waals surface area contributed by atoms with Crippen LogP contribution in [0.4, 0.5) is 0 Å². The lowest BCUT2D eigenvalue weighted by Crippen LogP contribution is -2.00. The molecule has 4 heterocycles. The van der Waals surface area contributed by atoms with Crippen molar-refractivity contribution in [2.45, 2.75) is 0 Å². The molecule has 4 aromatic heterocycles. The van der Waals surface area contributed by atoms with Gasteiger partial charge in [-0.2, -0.15) is 0 Å². The number of rotatable bonds is 4. The topological polar surface area (TPSA) is 65.0 Å². The lowest BCUT2D eigenvalue weighted by Gasteiger charge is -2.10. The Morgan fingerprint density at radius 2 is 0.961 bits per heavy atom. The van der Waals surface area contributed by atoms with Gasteiger partial charge in [0.1, 0.15) is 22.3 Å². The molecular weight excluding hydrogens is 647 g/mol. The van der Waals surface area contributed by atoms with Crippen molar-refractivity contribution in [3.8, 4) is 45.3 Å². The summed E-state index contributed by atoms with van der Waals surface area (Å²) in [7, 11) is 0. The van der Waals surface area contributed by atoms with E-state index < -0.39 is 0 Å². The van der Waals surface area contributed by atoms with E-state index in [0.29, 0.717) is 17.5 Å². The van der Waals surface area contributed by atoms with E-state index in [0.717, 1.165) is 87.2 Å². The normalized spacial score (nSPS) is 11.9. The minimum atomic E-state index is 0.619. The first-order valence-corrected chi connectivity index (χ1v) is 17.7. The summed E-state index contributed by atoms with van der Waals surface area (Å²) in [6.07, 6.45) is 0. The molecule has 0 aliphatic rings. The molecule has 0 spiro atoms. The Balaban J connectivity index is 1.11. The molecule has 6 heteroatoms. The van der Waals surface area contributed by atoms with Crippen LogP contribution in [0.25, 0.3) is 109 Å². The van der Waals surface area contributed by atoms with Gasteiger partial charge >= 0.3 is 0 Å². The minimum Gasteiger partial charge on any atom is -0.456 e. The predicted octanol–water partition coefficient (Wildman–Crippen LogP) is 12.7. The molecule has 238 valence electrons. The fourth-order valence-electron chi connectivity index (χ4n) is 7.29. The molecule has 51 heavy (non-hydrogen) atoms. The second-order valence-corrected chi connectivity index (χ2v) is 13.8. The lowest BCUT2D eigenvalue weighted by molar-refractivity contribution is 0.669. The summed E-state index contributed by atoms with van der Waals surface area (Å²) in [6, 6.07) is 52.1. The van der Waals surface area contributed by atoms with Crippen LogP contribution in [-0.4, -0.2) is 15.0 Å². The quantitative estimate of drug-likeness (QED) is 0.186. The zero-order valence-electron chi connectivity index (χ0n) is 27.0. The SMILES string of the molecule is c1ccc(-c2nc(-c3ccc(-c4ccc5oc6ccccc6c5c4)cc3)nc(-c3cc4c5ccccc5oc4c4c3sc3ccccc34)n2)cc1. The Bertz CT molecular complexity index is 3140. The first kappa shape index (κ1) is 28.2. The Morgan fingerprint density at radius 3 is 1.75 bits per heavy atom. The highest BCUT2D eigenvalue weighted by molar-refractivity contribution is 7.26. The number of para-hydroxylation sites is 2. The fourth-order valence-corrected chi connectivity index (χ4v) is 8.50. The summed E-state index contributed by atoms with van der Waals surface area (Å²) < 4.78 is 14.9. The smallest absolute Gasteiger partial charge is 0.165 e. The van der Waals surface area contributed by atoms with Crippen LogP contribution in [0.1, 0.15) is 0 Å². The van der Waals surface area contributed by atoms with Crippen molar-refractivity contribution in [3.05, 3.63) is 152 Å². The number of benzene rings is 7. The van der Waals surface area contributed by atoms with Gasteiger partial charge in [-0.25, -0.2) is 15.0 Å². The Labute approximate surface area is 295 Å². The third kappa shape index (κ3) is 4.43. The molecule has 0 atom stereocenters. The number of fused-ring (bicyclic) bond motifs is 10. The van der Waals surface area contributed by atoms with Crippen molar-refractivity contribution in [2.75, 3.05) is 0 Å². The van der Waals surface area contributed by atoms with E-state index in [1.165, 1.54) is 4.70 Å². The van der Waals surface area contributed by atoms with Gasteiger partial charge < -0.3 is 8.83 Å². The molecule has 0 N–H and O–H groups in total. The predicted molar refractivity (Wildman–Crippen MR) is 209 cm³/mol. The molecular formula is C45H25N3O2S. The fraction of sp³-hybridized carbons (Fsp3) is 0. The Kier molecular flexibility index (Phi) is 6.05. The summed E-state index contributed by atoms with van der Waals surface area (Å²) >= 11 is 1.75. The average molecular weight is 672 g/mol. The van der Waals surface area contributed by atoms with E-state index in [1.54, 1.807) is 11.3 Å². The third-order valence-corrected chi connectivity index (χ3v) is 11.0. The summed E-state index contributed by atoms with van der Waals surface area (Å²) in [4.78, 5) is 15.4. The van der Waals surface area contributed by atoms with E-state index >= 15 is 0 Å². The van der Waals surface area contributed by atoms with Crippen LogP contribution in [-0.2, 0) is 0 Å². The van der Waals surface area contributed by atoms with Crippen molar-refractivity contribution in [1.29, 1.82) is 0 Å². The molecule has 0 aliphatic heterocycles. The van der Waals surface area contributed by atoms with Gasteiger partial charge in [-0.05, 0) is 47.5 Å². The highest BCUT2D eigenvalue weighted by atomic mass is 32.1. The van der Waals surface area contributed by atoms with Crippen molar-refractivity contribution < 1.29 is 8.83 Å². The molecule has 0 amide bonds. The van der Waals surface area contributed by atoms with Crippen LogP contribution in [0.15, 0.2) is 160 Å². The van der Waals surface area contributed by atoms with Crippen LogP contribution < -0.4 is 0 Å². The van der Waals surface area contributed by atoms with Crippen molar-refractivity contribution >= 4 is 75.4 Å². The molecule has 0 saturated carbocycles. The first-order chi connectivity index (χ1) is 25.2. The standard InChI is InChI=1S/C45H25N3O2S/c1-2-10-27(11-3-1)43-46-44(28-20-18-26(19-21-28)29-22-23-38-33(24-29)30-12-4-7-15-36(30)49-38)48-45(47-43)35-25-34-31-13-5-8-16-37(31)50-41(34)40-32-14-6-9-17-39(32)51-42(35)40/h1-25H. The molecule has 0 unspecified atom stereocenters. The van der Waals surface area contributed by atoms with Gasteiger partial charge in [0.25, 0.3) is 0 Å². The van der Waals surface area contributed by atoms with Gasteiger partial charge in [0.15, 0.2) is 17.5 Å². The molecule has 7 aromatic carbocycles. The van der Waals surface area contributed by atoms with E-state index in [9.17, 15) is 0 Å². The number of hydrogen-bond donors (Lipinski definition) is 0. The maximum atomic E-state index is 6.55. The number of hydrogen-bond acceptors (Lipinski definition) is 6. The second kappa shape index (κ2) is 10.9. The lowest BCUT2D eigenvalue weighted by atomic mass is 10.0. The van der Waals surface area contributed by atoms with E-state index in [2.05, 4.69) is 91.0 Å². The van der Waals surface area contributed by atoms with E-state index in [4.69, 9.17) is 23.8 Å². The summed E-state index contributed by atoms with van der Waals surface area (Å²) in [5.41, 5.74) is 8.57. The average Bonchev–Trinajstić information content (AvgIpc) is 3.89. The van der Waals surface area contributed by atoms with E-state index in [-0.39, 0.29) is 0 Å². The van der Waals surface area contributed by atoms with Gasteiger partial charge in [0.05, 0.1) is 4.70 Å². The molecule has 5 nitrogen and oxygen atoms in total. The van der Waals surface area contributed by atoms with Gasteiger partial charge in [-0.1, -0.05) is 115 Å². The van der Waals surface area contributed by atoms with E-state index in [1.807, 2.05) is 60.7 Å². The summed E-state index contributed by atoms with van der Waals surface area (Å²) in [5, 5.41) is 6.60. The second-order valence-electron chi connectivity index (χ2n) is 12.8. The molecule has 11 rings (SSSR count). The molecule has 0 saturated heterocycles. The maximum Gasteiger partial charge on any atom is 0.165 e. The van der Waals surface area contributed by atoms with Crippen molar-refractivity contribution in [1.82, 2.24) is 15.0 Å². The molecule has 11 aromatic rings.